The highest BCUT2D eigenvalue weighted by Gasteiger charge is 2.27. The first kappa shape index (κ1) is 13.5. The first-order valence-electron chi connectivity index (χ1n) is 6.79. The van der Waals surface area contributed by atoms with E-state index in [0.717, 1.165) is 24.9 Å². The van der Waals surface area contributed by atoms with E-state index in [9.17, 15) is 9.50 Å². The molecule has 0 radical (unpaired) electrons. The van der Waals surface area contributed by atoms with Gasteiger partial charge in [0.05, 0.1) is 6.10 Å². The van der Waals surface area contributed by atoms with Crippen molar-refractivity contribution in [1.82, 2.24) is 5.32 Å². The van der Waals surface area contributed by atoms with Crippen LogP contribution in [0.2, 0.25) is 0 Å². The number of halogens is 1. The SMILES string of the molecule is CCC1CCNC(C(O)c2ccc(F)c(C)c2)C1. The van der Waals surface area contributed by atoms with Gasteiger partial charge in [0.2, 0.25) is 0 Å². The van der Waals surface area contributed by atoms with Gasteiger partial charge in [-0.3, -0.25) is 0 Å². The molecule has 2 nitrogen and oxygen atoms in total. The van der Waals surface area contributed by atoms with Crippen molar-refractivity contribution in [2.75, 3.05) is 6.54 Å². The number of aliphatic hydroxyl groups excluding tert-OH is 1. The maximum atomic E-state index is 13.2. The lowest BCUT2D eigenvalue weighted by Gasteiger charge is -2.33. The highest BCUT2D eigenvalue weighted by atomic mass is 19.1. The molecule has 1 aliphatic rings. The van der Waals surface area contributed by atoms with E-state index >= 15 is 0 Å². The summed E-state index contributed by atoms with van der Waals surface area (Å²) in [6.07, 6.45) is 2.79. The third-order valence-electron chi connectivity index (χ3n) is 4.03. The molecular weight excluding hydrogens is 229 g/mol. The Hall–Kier alpha value is -0.930. The van der Waals surface area contributed by atoms with Crippen molar-refractivity contribution in [2.45, 2.75) is 45.3 Å². The molecule has 1 aromatic carbocycles. The molecule has 1 saturated heterocycles. The molecule has 3 heteroatoms. The molecule has 3 atom stereocenters. The maximum absolute atomic E-state index is 13.2. The Labute approximate surface area is 108 Å². The van der Waals surface area contributed by atoms with Crippen LogP contribution in [0.15, 0.2) is 18.2 Å². The van der Waals surface area contributed by atoms with Gasteiger partial charge in [-0.05, 0) is 49.4 Å². The predicted molar refractivity (Wildman–Crippen MR) is 70.9 cm³/mol. The van der Waals surface area contributed by atoms with Gasteiger partial charge in [-0.25, -0.2) is 4.39 Å². The van der Waals surface area contributed by atoms with Gasteiger partial charge in [0, 0.05) is 6.04 Å². The van der Waals surface area contributed by atoms with Crippen LogP contribution in [0, 0.1) is 18.7 Å². The van der Waals surface area contributed by atoms with Gasteiger partial charge in [0.1, 0.15) is 5.82 Å². The van der Waals surface area contributed by atoms with Gasteiger partial charge >= 0.3 is 0 Å². The van der Waals surface area contributed by atoms with Gasteiger partial charge < -0.3 is 10.4 Å². The first-order valence-corrected chi connectivity index (χ1v) is 6.79. The van der Waals surface area contributed by atoms with E-state index in [-0.39, 0.29) is 11.9 Å². The van der Waals surface area contributed by atoms with Crippen molar-refractivity contribution in [2.24, 2.45) is 5.92 Å². The van der Waals surface area contributed by atoms with E-state index < -0.39 is 6.10 Å². The number of benzene rings is 1. The van der Waals surface area contributed by atoms with Crippen molar-refractivity contribution in [3.63, 3.8) is 0 Å². The van der Waals surface area contributed by atoms with E-state index in [2.05, 4.69) is 12.2 Å². The Balaban J connectivity index is 2.10. The van der Waals surface area contributed by atoms with E-state index in [0.29, 0.717) is 11.5 Å². The van der Waals surface area contributed by atoms with Gasteiger partial charge in [-0.15, -0.1) is 0 Å². The topological polar surface area (TPSA) is 32.3 Å². The van der Waals surface area contributed by atoms with Crippen LogP contribution in [0.5, 0.6) is 0 Å². The lowest BCUT2D eigenvalue weighted by atomic mass is 9.86. The number of aryl methyl sites for hydroxylation is 1. The number of hydrogen-bond donors (Lipinski definition) is 2. The van der Waals surface area contributed by atoms with Crippen molar-refractivity contribution in [3.05, 3.63) is 35.1 Å². The van der Waals surface area contributed by atoms with Crippen LogP contribution >= 0.6 is 0 Å². The van der Waals surface area contributed by atoms with Crippen molar-refractivity contribution in [3.8, 4) is 0 Å². The number of hydrogen-bond acceptors (Lipinski definition) is 2. The molecular formula is C15H22FNO. The molecule has 0 aliphatic carbocycles. The molecule has 0 bridgehead atoms. The Morgan fingerprint density at radius 2 is 2.28 bits per heavy atom. The van der Waals surface area contributed by atoms with Crippen molar-refractivity contribution in [1.29, 1.82) is 0 Å². The summed E-state index contributed by atoms with van der Waals surface area (Å²) in [5.74, 6) is 0.474. The zero-order valence-electron chi connectivity index (χ0n) is 11.1. The minimum atomic E-state index is -0.543. The largest absolute Gasteiger partial charge is 0.387 e. The third kappa shape index (κ3) is 2.90. The zero-order valence-corrected chi connectivity index (χ0v) is 11.1. The summed E-state index contributed by atoms with van der Waals surface area (Å²) in [6, 6.07) is 4.96. The average Bonchev–Trinajstić information content (AvgIpc) is 2.41. The standard InChI is InChI=1S/C15H22FNO/c1-3-11-6-7-17-14(9-11)15(18)12-4-5-13(16)10(2)8-12/h4-5,8,11,14-15,17-18H,3,6-7,9H2,1-2H3. The molecule has 0 saturated carbocycles. The zero-order chi connectivity index (χ0) is 13.1. The fourth-order valence-electron chi connectivity index (χ4n) is 2.73. The van der Waals surface area contributed by atoms with Gasteiger partial charge in [0.25, 0.3) is 0 Å². The van der Waals surface area contributed by atoms with Crippen LogP contribution in [-0.2, 0) is 0 Å². The van der Waals surface area contributed by atoms with Crippen LogP contribution in [0.3, 0.4) is 0 Å². The second kappa shape index (κ2) is 5.81. The molecule has 0 aromatic heterocycles. The van der Waals surface area contributed by atoms with Gasteiger partial charge in [0.15, 0.2) is 0 Å². The van der Waals surface area contributed by atoms with Crippen LogP contribution in [0.25, 0.3) is 0 Å². The quantitative estimate of drug-likeness (QED) is 0.865. The van der Waals surface area contributed by atoms with E-state index in [1.807, 2.05) is 0 Å². The van der Waals surface area contributed by atoms with Gasteiger partial charge in [-0.1, -0.05) is 25.5 Å². The molecule has 2 N–H and O–H groups in total. The summed E-state index contributed by atoms with van der Waals surface area (Å²) in [7, 11) is 0. The average molecular weight is 251 g/mol. The number of aliphatic hydroxyl groups is 1. The summed E-state index contributed by atoms with van der Waals surface area (Å²) in [5, 5.41) is 13.8. The van der Waals surface area contributed by atoms with Crippen LogP contribution < -0.4 is 5.32 Å². The van der Waals surface area contributed by atoms with Crippen LogP contribution in [0.1, 0.15) is 43.4 Å². The third-order valence-corrected chi connectivity index (χ3v) is 4.03. The normalized spacial score (nSPS) is 26.0. The Morgan fingerprint density at radius 1 is 1.50 bits per heavy atom. The smallest absolute Gasteiger partial charge is 0.126 e. The van der Waals surface area contributed by atoms with Crippen molar-refractivity contribution < 1.29 is 9.50 Å². The summed E-state index contributed by atoms with van der Waals surface area (Å²) in [5.41, 5.74) is 1.40. The lowest BCUT2D eigenvalue weighted by molar-refractivity contribution is 0.0978. The number of rotatable bonds is 3. The molecule has 18 heavy (non-hydrogen) atoms. The molecule has 1 fully saturated rings. The van der Waals surface area contributed by atoms with Crippen molar-refractivity contribution >= 4 is 0 Å². The Morgan fingerprint density at radius 3 is 2.94 bits per heavy atom. The lowest BCUT2D eigenvalue weighted by Crippen LogP contribution is -2.42. The molecule has 1 aliphatic heterocycles. The number of piperidine rings is 1. The minimum absolute atomic E-state index is 0.0913. The molecule has 1 heterocycles. The summed E-state index contributed by atoms with van der Waals surface area (Å²) >= 11 is 0. The predicted octanol–water partition coefficient (Wildman–Crippen LogP) is 2.95. The van der Waals surface area contributed by atoms with Crippen LogP contribution in [-0.4, -0.2) is 17.7 Å². The molecule has 2 rings (SSSR count). The first-order chi connectivity index (χ1) is 8.61. The monoisotopic (exact) mass is 251 g/mol. The molecule has 3 unspecified atom stereocenters. The summed E-state index contributed by atoms with van der Waals surface area (Å²) < 4.78 is 13.2. The Kier molecular flexibility index (Phi) is 4.36. The Bertz CT molecular complexity index is 407. The number of nitrogens with one attached hydrogen (secondary N) is 1. The fourth-order valence-corrected chi connectivity index (χ4v) is 2.73. The van der Waals surface area contributed by atoms with E-state index in [4.69, 9.17) is 0 Å². The molecule has 1 aromatic rings. The second-order valence-electron chi connectivity index (χ2n) is 5.31. The molecule has 100 valence electrons. The fraction of sp³-hybridized carbons (Fsp3) is 0.600. The maximum Gasteiger partial charge on any atom is 0.126 e. The summed E-state index contributed by atoms with van der Waals surface area (Å²) in [6.45, 7) is 4.89. The molecule has 0 spiro atoms. The minimum Gasteiger partial charge on any atom is -0.387 e. The second-order valence-corrected chi connectivity index (χ2v) is 5.31. The van der Waals surface area contributed by atoms with E-state index in [1.54, 1.807) is 19.1 Å². The van der Waals surface area contributed by atoms with Crippen LogP contribution in [0.4, 0.5) is 4.39 Å². The van der Waals surface area contributed by atoms with Gasteiger partial charge in [-0.2, -0.15) is 0 Å². The highest BCUT2D eigenvalue weighted by Crippen LogP contribution is 2.28. The summed E-state index contributed by atoms with van der Waals surface area (Å²) in [4.78, 5) is 0. The highest BCUT2D eigenvalue weighted by molar-refractivity contribution is 5.26. The molecule has 0 amide bonds. The van der Waals surface area contributed by atoms with E-state index in [1.165, 1.54) is 12.5 Å².